The Kier molecular flexibility index (Phi) is 10.8. The smallest absolute Gasteiger partial charge is 0.164 e. The van der Waals surface area contributed by atoms with Crippen molar-refractivity contribution < 1.29 is 0 Å². The summed E-state index contributed by atoms with van der Waals surface area (Å²) in [7, 11) is 4.34. The van der Waals surface area contributed by atoms with Gasteiger partial charge in [-0.25, -0.2) is 14.0 Å². The third-order valence-electron chi connectivity index (χ3n) is 3.93. The molecule has 0 bridgehead atoms. The van der Waals surface area contributed by atoms with Crippen molar-refractivity contribution in [2.75, 3.05) is 40.8 Å². The average Bonchev–Trinajstić information content (AvgIpc) is 2.46. The summed E-state index contributed by atoms with van der Waals surface area (Å²) >= 11 is 0. The van der Waals surface area contributed by atoms with Gasteiger partial charge in [0.15, 0.2) is 7.51 Å². The first-order valence-electron chi connectivity index (χ1n) is 8.24. The van der Waals surface area contributed by atoms with Gasteiger partial charge in [-0.15, -0.1) is 0 Å². The van der Waals surface area contributed by atoms with E-state index in [4.69, 9.17) is 5.16 Å². The average molecular weight is 304 g/mol. The fourth-order valence-electron chi connectivity index (χ4n) is 2.36. The third-order valence-corrected chi connectivity index (χ3v) is 7.39. The monoisotopic (exact) mass is 304 g/mol. The standard InChI is InChI=1S/C15H37N4P/c1-7-10-13-17(4)20(16,18(5)14-11-8-2)19(6)15-12-9-3/h16H,7-15H2,1-6H3. The van der Waals surface area contributed by atoms with Crippen LogP contribution in [0.25, 0.3) is 0 Å². The van der Waals surface area contributed by atoms with Crippen molar-refractivity contribution in [3.05, 3.63) is 0 Å². The Balaban J connectivity index is 4.94. The van der Waals surface area contributed by atoms with Gasteiger partial charge in [-0.2, -0.15) is 0 Å². The van der Waals surface area contributed by atoms with Gasteiger partial charge in [0.1, 0.15) is 0 Å². The first-order valence-corrected chi connectivity index (χ1v) is 9.88. The van der Waals surface area contributed by atoms with Gasteiger partial charge in [0.05, 0.1) is 0 Å². The molecule has 0 aromatic carbocycles. The maximum absolute atomic E-state index is 9.16. The van der Waals surface area contributed by atoms with Crippen molar-refractivity contribution in [2.45, 2.75) is 59.3 Å². The van der Waals surface area contributed by atoms with Crippen LogP contribution in [0.4, 0.5) is 0 Å². The lowest BCUT2D eigenvalue weighted by Gasteiger charge is -2.44. The summed E-state index contributed by atoms with van der Waals surface area (Å²) in [5, 5.41) is 9.16. The molecule has 0 unspecified atom stereocenters. The lowest BCUT2D eigenvalue weighted by atomic mass is 10.3. The molecular formula is C15H37N4P. The van der Waals surface area contributed by atoms with E-state index in [1.165, 1.54) is 38.5 Å². The van der Waals surface area contributed by atoms with Crippen molar-refractivity contribution in [3.63, 3.8) is 0 Å². The van der Waals surface area contributed by atoms with E-state index in [-0.39, 0.29) is 0 Å². The highest BCUT2D eigenvalue weighted by molar-refractivity contribution is 7.57. The predicted molar refractivity (Wildman–Crippen MR) is 92.3 cm³/mol. The summed E-state index contributed by atoms with van der Waals surface area (Å²) in [6.07, 6.45) is 7.13. The Labute approximate surface area is 127 Å². The molecule has 20 heavy (non-hydrogen) atoms. The van der Waals surface area contributed by atoms with E-state index in [1.807, 2.05) is 0 Å². The van der Waals surface area contributed by atoms with Gasteiger partial charge in [-0.05, 0) is 40.4 Å². The molecule has 0 aromatic heterocycles. The summed E-state index contributed by atoms with van der Waals surface area (Å²) in [6, 6.07) is 0. The highest BCUT2D eigenvalue weighted by Gasteiger charge is 2.31. The third kappa shape index (κ3) is 5.85. The van der Waals surface area contributed by atoms with Gasteiger partial charge in [-0.1, -0.05) is 40.0 Å². The molecule has 5 heteroatoms. The van der Waals surface area contributed by atoms with Crippen molar-refractivity contribution in [1.82, 2.24) is 14.0 Å². The second kappa shape index (κ2) is 10.8. The molecule has 0 saturated carbocycles. The van der Waals surface area contributed by atoms with E-state index in [2.05, 4.69) is 55.9 Å². The minimum Gasteiger partial charge on any atom is -0.277 e. The first-order chi connectivity index (χ1) is 9.44. The molecule has 1 N–H and O–H groups in total. The number of hydrogen-bond donors (Lipinski definition) is 1. The van der Waals surface area contributed by atoms with Crippen LogP contribution in [-0.2, 0) is 0 Å². The number of unbranched alkanes of at least 4 members (excludes halogenated alkanes) is 3. The highest BCUT2D eigenvalue weighted by Crippen LogP contribution is 2.54. The van der Waals surface area contributed by atoms with E-state index in [0.717, 1.165) is 19.6 Å². The zero-order valence-electron chi connectivity index (χ0n) is 14.7. The van der Waals surface area contributed by atoms with Gasteiger partial charge in [0.25, 0.3) is 0 Å². The molecule has 0 radical (unpaired) electrons. The van der Waals surface area contributed by atoms with E-state index in [0.29, 0.717) is 0 Å². The second-order valence-corrected chi connectivity index (χ2v) is 8.96. The molecular weight excluding hydrogens is 267 g/mol. The minimum atomic E-state index is -2.08. The molecule has 0 amide bonds. The normalized spacial score (nSPS) is 12.8. The fraction of sp³-hybridized carbons (Fsp3) is 1.00. The van der Waals surface area contributed by atoms with Gasteiger partial charge in [0, 0.05) is 19.6 Å². The van der Waals surface area contributed by atoms with Gasteiger partial charge < -0.3 is 0 Å². The van der Waals surface area contributed by atoms with Crippen LogP contribution in [0.15, 0.2) is 0 Å². The first kappa shape index (κ1) is 20.1. The van der Waals surface area contributed by atoms with Crippen molar-refractivity contribution in [1.29, 1.82) is 5.16 Å². The molecule has 0 saturated heterocycles. The Morgan fingerprint density at radius 1 is 0.650 bits per heavy atom. The highest BCUT2D eigenvalue weighted by atomic mass is 31.2. The molecule has 0 aliphatic carbocycles. The van der Waals surface area contributed by atoms with Crippen molar-refractivity contribution in [2.24, 2.45) is 0 Å². The van der Waals surface area contributed by atoms with Crippen LogP contribution in [0.1, 0.15) is 59.3 Å². The van der Waals surface area contributed by atoms with E-state index < -0.39 is 7.51 Å². The van der Waals surface area contributed by atoms with Crippen LogP contribution < -0.4 is 0 Å². The SMILES string of the molecule is CCCCN(C)P(=N)(N(C)CCCC)N(C)CCCC. The maximum Gasteiger partial charge on any atom is 0.164 e. The molecule has 0 heterocycles. The largest absolute Gasteiger partial charge is 0.277 e. The molecule has 0 aliphatic heterocycles. The Bertz CT molecular complexity index is 240. The van der Waals surface area contributed by atoms with Crippen molar-refractivity contribution in [3.8, 4) is 0 Å². The van der Waals surface area contributed by atoms with Crippen LogP contribution in [0.5, 0.6) is 0 Å². The maximum atomic E-state index is 9.16. The number of rotatable bonds is 12. The van der Waals surface area contributed by atoms with E-state index in [1.54, 1.807) is 0 Å². The summed E-state index contributed by atoms with van der Waals surface area (Å²) in [6.45, 7) is 9.75. The van der Waals surface area contributed by atoms with Crippen LogP contribution in [0.3, 0.4) is 0 Å². The lowest BCUT2D eigenvalue weighted by molar-refractivity contribution is 0.364. The summed E-state index contributed by atoms with van der Waals surface area (Å²) in [4.78, 5) is 0. The molecule has 0 rings (SSSR count). The molecule has 0 aliphatic rings. The molecule has 0 aromatic rings. The van der Waals surface area contributed by atoms with Gasteiger partial charge in [0.2, 0.25) is 0 Å². The zero-order chi connectivity index (χ0) is 15.6. The number of nitrogens with one attached hydrogen (secondary N) is 1. The molecule has 0 atom stereocenters. The lowest BCUT2D eigenvalue weighted by Crippen LogP contribution is -2.37. The van der Waals surface area contributed by atoms with Crippen LogP contribution >= 0.6 is 7.51 Å². The number of hydrogen-bond acceptors (Lipinski definition) is 1. The van der Waals surface area contributed by atoms with Gasteiger partial charge >= 0.3 is 0 Å². The van der Waals surface area contributed by atoms with Gasteiger partial charge in [-0.3, -0.25) is 5.16 Å². The predicted octanol–water partition coefficient (Wildman–Crippen LogP) is 4.71. The van der Waals surface area contributed by atoms with E-state index >= 15 is 0 Å². The molecule has 0 fully saturated rings. The summed E-state index contributed by atoms with van der Waals surface area (Å²) in [5.74, 6) is 0. The van der Waals surface area contributed by atoms with Crippen molar-refractivity contribution >= 4 is 7.51 Å². The van der Waals surface area contributed by atoms with Crippen LogP contribution in [0.2, 0.25) is 0 Å². The van der Waals surface area contributed by atoms with Crippen LogP contribution in [0, 0.1) is 5.16 Å². The second-order valence-electron chi connectivity index (χ2n) is 5.77. The minimum absolute atomic E-state index is 1.03. The molecule has 0 spiro atoms. The quantitative estimate of drug-likeness (QED) is 0.530. The zero-order valence-corrected chi connectivity index (χ0v) is 15.5. The Hall–Kier alpha value is 0.110. The Morgan fingerprint density at radius 3 is 1.10 bits per heavy atom. The number of nitrogens with zero attached hydrogens (tertiary/aromatic N) is 3. The topological polar surface area (TPSA) is 33.6 Å². The fourth-order valence-corrected chi connectivity index (χ4v) is 5.19. The summed E-state index contributed by atoms with van der Waals surface area (Å²) < 4.78 is 6.92. The Morgan fingerprint density at radius 2 is 0.900 bits per heavy atom. The van der Waals surface area contributed by atoms with Crippen LogP contribution in [-0.4, -0.2) is 54.8 Å². The molecule has 122 valence electrons. The van der Waals surface area contributed by atoms with E-state index in [9.17, 15) is 0 Å². The summed E-state index contributed by atoms with van der Waals surface area (Å²) in [5.41, 5.74) is 0. The molecule has 4 nitrogen and oxygen atoms in total.